The van der Waals surface area contributed by atoms with Gasteiger partial charge in [0.25, 0.3) is 0 Å². The molecule has 2 rings (SSSR count). The van der Waals surface area contributed by atoms with Crippen LogP contribution in [0.25, 0.3) is 11.1 Å². The molecule has 6 heteroatoms. The van der Waals surface area contributed by atoms with Crippen LogP contribution in [-0.4, -0.2) is 19.4 Å². The minimum atomic E-state index is -0.560. The first-order chi connectivity index (χ1) is 8.60. The first kappa shape index (κ1) is 12.2. The molecule has 96 valence electrons. The van der Waals surface area contributed by atoms with Crippen molar-refractivity contribution in [2.75, 3.05) is 20.0 Å². The average molecular weight is 252 g/mol. The summed E-state index contributed by atoms with van der Waals surface area (Å²) in [7, 11) is 2.83. The summed E-state index contributed by atoms with van der Waals surface area (Å²) in [4.78, 5) is 0. The van der Waals surface area contributed by atoms with Crippen molar-refractivity contribution in [3.05, 3.63) is 23.6 Å². The summed E-state index contributed by atoms with van der Waals surface area (Å²) in [5.41, 5.74) is 6.97. The van der Waals surface area contributed by atoms with E-state index < -0.39 is 5.82 Å². The predicted octanol–water partition coefficient (Wildman–Crippen LogP) is 2.39. The summed E-state index contributed by atoms with van der Waals surface area (Å²) in [6.07, 6.45) is 1.36. The maximum absolute atomic E-state index is 14.3. The molecular weight excluding hydrogens is 239 g/mol. The fourth-order valence-electron chi connectivity index (χ4n) is 1.83. The van der Waals surface area contributed by atoms with E-state index >= 15 is 0 Å². The number of halogens is 1. The Bertz CT molecular complexity index is 581. The SMILES string of the molecule is COc1c(C)cc(-c2cnoc2N)c(F)c1OC. The molecule has 0 amide bonds. The Balaban J connectivity index is 2.71. The van der Waals surface area contributed by atoms with Crippen molar-refractivity contribution in [1.82, 2.24) is 5.16 Å². The third kappa shape index (κ3) is 1.75. The van der Waals surface area contributed by atoms with Crippen molar-refractivity contribution in [2.24, 2.45) is 0 Å². The third-order valence-corrected chi connectivity index (χ3v) is 2.66. The standard InChI is InChI=1S/C12H13FN2O3/c1-6-4-7(8-5-15-18-12(8)14)9(13)11(17-3)10(6)16-2/h4-5H,14H2,1-3H3. The van der Waals surface area contributed by atoms with Crippen LogP contribution in [0.15, 0.2) is 16.8 Å². The number of anilines is 1. The molecule has 0 aliphatic rings. The number of rotatable bonds is 3. The van der Waals surface area contributed by atoms with E-state index in [1.165, 1.54) is 20.4 Å². The predicted molar refractivity (Wildman–Crippen MR) is 64.2 cm³/mol. The monoisotopic (exact) mass is 252 g/mol. The number of hydrogen-bond donors (Lipinski definition) is 1. The second kappa shape index (κ2) is 4.56. The van der Waals surface area contributed by atoms with Gasteiger partial charge in [0.2, 0.25) is 5.88 Å². The Hall–Kier alpha value is -2.24. The lowest BCUT2D eigenvalue weighted by atomic mass is 10.0. The second-order valence-electron chi connectivity index (χ2n) is 3.73. The Morgan fingerprint density at radius 3 is 2.39 bits per heavy atom. The minimum absolute atomic E-state index is 0.0353. The van der Waals surface area contributed by atoms with Gasteiger partial charge in [-0.1, -0.05) is 5.16 Å². The van der Waals surface area contributed by atoms with E-state index in [1.807, 2.05) is 0 Å². The Morgan fingerprint density at radius 1 is 1.22 bits per heavy atom. The Morgan fingerprint density at radius 2 is 1.89 bits per heavy atom. The van der Waals surface area contributed by atoms with E-state index in [-0.39, 0.29) is 17.2 Å². The van der Waals surface area contributed by atoms with Crippen molar-refractivity contribution in [3.63, 3.8) is 0 Å². The van der Waals surface area contributed by atoms with Crippen LogP contribution in [0, 0.1) is 12.7 Å². The number of hydrogen-bond acceptors (Lipinski definition) is 5. The van der Waals surface area contributed by atoms with Crippen LogP contribution in [-0.2, 0) is 0 Å². The van der Waals surface area contributed by atoms with Crippen LogP contribution >= 0.6 is 0 Å². The lowest BCUT2D eigenvalue weighted by Gasteiger charge is -2.13. The number of methoxy groups -OCH3 is 2. The van der Waals surface area contributed by atoms with Gasteiger partial charge in [-0.05, 0) is 18.6 Å². The summed E-state index contributed by atoms with van der Waals surface area (Å²) >= 11 is 0. The Labute approximate surface area is 103 Å². The van der Waals surface area contributed by atoms with Gasteiger partial charge in [0.05, 0.1) is 26.0 Å². The summed E-state index contributed by atoms with van der Waals surface area (Å²) in [6, 6.07) is 1.61. The highest BCUT2D eigenvalue weighted by molar-refractivity contribution is 5.76. The Kier molecular flexibility index (Phi) is 3.10. The summed E-state index contributed by atoms with van der Waals surface area (Å²) < 4.78 is 29.2. The van der Waals surface area contributed by atoms with Crippen LogP contribution in [0.2, 0.25) is 0 Å². The van der Waals surface area contributed by atoms with E-state index in [1.54, 1.807) is 13.0 Å². The highest BCUT2D eigenvalue weighted by atomic mass is 19.1. The average Bonchev–Trinajstić information content (AvgIpc) is 2.77. The molecular formula is C12H13FN2O3. The van der Waals surface area contributed by atoms with Gasteiger partial charge in [-0.15, -0.1) is 0 Å². The van der Waals surface area contributed by atoms with E-state index in [2.05, 4.69) is 5.16 Å². The molecule has 0 fully saturated rings. The number of nitrogens with zero attached hydrogens (tertiary/aromatic N) is 1. The largest absolute Gasteiger partial charge is 0.492 e. The lowest BCUT2D eigenvalue weighted by Crippen LogP contribution is -1.99. The molecule has 1 heterocycles. The first-order valence-corrected chi connectivity index (χ1v) is 5.21. The quantitative estimate of drug-likeness (QED) is 0.908. The molecule has 5 nitrogen and oxygen atoms in total. The lowest BCUT2D eigenvalue weighted by molar-refractivity contribution is 0.336. The topological polar surface area (TPSA) is 70.5 Å². The molecule has 2 N–H and O–H groups in total. The molecule has 2 aromatic rings. The molecule has 0 spiro atoms. The van der Waals surface area contributed by atoms with Crippen molar-refractivity contribution >= 4 is 5.88 Å². The van der Waals surface area contributed by atoms with Gasteiger partial charge < -0.3 is 19.7 Å². The highest BCUT2D eigenvalue weighted by Gasteiger charge is 2.21. The van der Waals surface area contributed by atoms with Crippen molar-refractivity contribution in [3.8, 4) is 22.6 Å². The van der Waals surface area contributed by atoms with Gasteiger partial charge in [0.15, 0.2) is 17.3 Å². The fraction of sp³-hybridized carbons (Fsp3) is 0.250. The van der Waals surface area contributed by atoms with Crippen molar-refractivity contribution in [2.45, 2.75) is 6.92 Å². The zero-order valence-corrected chi connectivity index (χ0v) is 10.3. The number of nitrogens with two attached hydrogens (primary N) is 1. The number of nitrogen functional groups attached to an aromatic ring is 1. The molecule has 0 bridgehead atoms. The van der Waals surface area contributed by atoms with Crippen LogP contribution < -0.4 is 15.2 Å². The van der Waals surface area contributed by atoms with E-state index in [9.17, 15) is 4.39 Å². The molecule has 0 unspecified atom stereocenters. The zero-order valence-electron chi connectivity index (χ0n) is 10.3. The van der Waals surface area contributed by atoms with E-state index in [0.29, 0.717) is 11.3 Å². The summed E-state index contributed by atoms with van der Waals surface area (Å²) in [5, 5.41) is 3.53. The zero-order chi connectivity index (χ0) is 13.3. The number of ether oxygens (including phenoxy) is 2. The van der Waals surface area contributed by atoms with Gasteiger partial charge in [-0.3, -0.25) is 0 Å². The fourth-order valence-corrected chi connectivity index (χ4v) is 1.83. The normalized spacial score (nSPS) is 10.4. The van der Waals surface area contributed by atoms with E-state index in [0.717, 1.165) is 5.56 Å². The van der Waals surface area contributed by atoms with Crippen molar-refractivity contribution < 1.29 is 18.4 Å². The van der Waals surface area contributed by atoms with Gasteiger partial charge in [-0.2, -0.15) is 0 Å². The smallest absolute Gasteiger partial charge is 0.230 e. The number of benzene rings is 1. The molecule has 1 aromatic carbocycles. The molecule has 0 saturated heterocycles. The van der Waals surface area contributed by atoms with Gasteiger partial charge >= 0.3 is 0 Å². The van der Waals surface area contributed by atoms with Crippen LogP contribution in [0.4, 0.5) is 10.3 Å². The minimum Gasteiger partial charge on any atom is -0.492 e. The molecule has 0 atom stereocenters. The van der Waals surface area contributed by atoms with Crippen LogP contribution in [0.5, 0.6) is 11.5 Å². The van der Waals surface area contributed by atoms with Gasteiger partial charge in [0.1, 0.15) is 0 Å². The molecule has 0 aliphatic heterocycles. The summed E-state index contributed by atoms with van der Waals surface area (Å²) in [5.74, 6) is -0.114. The van der Waals surface area contributed by atoms with Crippen LogP contribution in [0.1, 0.15) is 5.56 Å². The van der Waals surface area contributed by atoms with E-state index in [4.69, 9.17) is 19.7 Å². The summed E-state index contributed by atoms with van der Waals surface area (Å²) in [6.45, 7) is 1.79. The third-order valence-electron chi connectivity index (χ3n) is 2.66. The second-order valence-corrected chi connectivity index (χ2v) is 3.73. The molecule has 18 heavy (non-hydrogen) atoms. The number of aryl methyl sites for hydroxylation is 1. The molecule has 0 radical (unpaired) electrons. The van der Waals surface area contributed by atoms with Crippen LogP contribution in [0.3, 0.4) is 0 Å². The van der Waals surface area contributed by atoms with Gasteiger partial charge in [-0.25, -0.2) is 4.39 Å². The molecule has 0 saturated carbocycles. The number of aromatic nitrogens is 1. The highest BCUT2D eigenvalue weighted by Crippen LogP contribution is 2.40. The molecule has 0 aliphatic carbocycles. The van der Waals surface area contributed by atoms with Crippen molar-refractivity contribution in [1.29, 1.82) is 0 Å². The van der Waals surface area contributed by atoms with Gasteiger partial charge in [0, 0.05) is 5.56 Å². The molecule has 1 aromatic heterocycles. The first-order valence-electron chi connectivity index (χ1n) is 5.21. The maximum Gasteiger partial charge on any atom is 0.230 e. The maximum atomic E-state index is 14.3.